The van der Waals surface area contributed by atoms with E-state index in [1.54, 1.807) is 6.92 Å². The molecule has 2 aromatic rings. The van der Waals surface area contributed by atoms with Crippen LogP contribution in [0.4, 0.5) is 0 Å². The fourth-order valence-electron chi connectivity index (χ4n) is 1.96. The predicted molar refractivity (Wildman–Crippen MR) is 78.9 cm³/mol. The van der Waals surface area contributed by atoms with Crippen molar-refractivity contribution in [2.75, 3.05) is 0 Å². The van der Waals surface area contributed by atoms with Gasteiger partial charge in [0.15, 0.2) is 6.10 Å². The maximum absolute atomic E-state index is 12.0. The molecule has 1 unspecified atom stereocenters. The molecule has 0 spiro atoms. The van der Waals surface area contributed by atoms with Gasteiger partial charge in [0.1, 0.15) is 10.7 Å². The molecule has 108 valence electrons. The van der Waals surface area contributed by atoms with E-state index in [0.29, 0.717) is 6.42 Å². The first kappa shape index (κ1) is 13.7. The SMILES string of the molecule is CC(OC(=O)C1=NNC(=O)CC1)c1nc2ccccc2s1. The van der Waals surface area contributed by atoms with Crippen LogP contribution >= 0.6 is 11.3 Å². The van der Waals surface area contributed by atoms with E-state index in [-0.39, 0.29) is 18.0 Å². The molecular weight excluding hydrogens is 290 g/mol. The second kappa shape index (κ2) is 5.61. The monoisotopic (exact) mass is 303 g/mol. The summed E-state index contributed by atoms with van der Waals surface area (Å²) in [7, 11) is 0. The van der Waals surface area contributed by atoms with Crippen molar-refractivity contribution in [2.45, 2.75) is 25.9 Å². The van der Waals surface area contributed by atoms with E-state index in [4.69, 9.17) is 4.74 Å². The number of hydrazone groups is 1. The smallest absolute Gasteiger partial charge is 0.355 e. The zero-order chi connectivity index (χ0) is 14.8. The highest BCUT2D eigenvalue weighted by atomic mass is 32.1. The summed E-state index contributed by atoms with van der Waals surface area (Å²) >= 11 is 1.50. The number of benzene rings is 1. The maximum atomic E-state index is 12.0. The molecule has 21 heavy (non-hydrogen) atoms. The van der Waals surface area contributed by atoms with Crippen LogP contribution in [0, 0.1) is 0 Å². The zero-order valence-electron chi connectivity index (χ0n) is 11.3. The number of nitrogens with one attached hydrogen (secondary N) is 1. The molecule has 3 rings (SSSR count). The molecule has 1 amide bonds. The van der Waals surface area contributed by atoms with Crippen molar-refractivity contribution in [2.24, 2.45) is 5.10 Å². The van der Waals surface area contributed by atoms with E-state index in [0.717, 1.165) is 15.2 Å². The number of fused-ring (bicyclic) bond motifs is 1. The van der Waals surface area contributed by atoms with Gasteiger partial charge in [-0.25, -0.2) is 15.2 Å². The first-order valence-corrected chi connectivity index (χ1v) is 7.37. The van der Waals surface area contributed by atoms with Crippen LogP contribution in [-0.2, 0) is 14.3 Å². The third-order valence-electron chi connectivity index (χ3n) is 3.08. The predicted octanol–water partition coefficient (Wildman–Crippen LogP) is 2.17. The number of thiazole rings is 1. The number of amides is 1. The summed E-state index contributed by atoms with van der Waals surface area (Å²) < 4.78 is 6.42. The summed E-state index contributed by atoms with van der Waals surface area (Å²) in [6, 6.07) is 7.76. The van der Waals surface area contributed by atoms with Crippen molar-refractivity contribution in [3.05, 3.63) is 29.3 Å². The number of aromatic nitrogens is 1. The van der Waals surface area contributed by atoms with Gasteiger partial charge in [0, 0.05) is 12.8 Å². The number of carbonyl (C=O) groups excluding carboxylic acids is 2. The third kappa shape index (κ3) is 2.92. The second-order valence-corrected chi connectivity index (χ2v) is 5.72. The lowest BCUT2D eigenvalue weighted by molar-refractivity contribution is -0.140. The van der Waals surface area contributed by atoms with E-state index in [2.05, 4.69) is 15.5 Å². The summed E-state index contributed by atoms with van der Waals surface area (Å²) in [5.41, 5.74) is 3.41. The van der Waals surface area contributed by atoms with Gasteiger partial charge in [0.25, 0.3) is 0 Å². The van der Waals surface area contributed by atoms with Crippen LogP contribution in [0.1, 0.15) is 30.9 Å². The number of ether oxygens (including phenoxy) is 1. The molecule has 1 aromatic carbocycles. The van der Waals surface area contributed by atoms with E-state index < -0.39 is 12.1 Å². The van der Waals surface area contributed by atoms with E-state index >= 15 is 0 Å². The summed E-state index contributed by atoms with van der Waals surface area (Å²) in [6.45, 7) is 1.78. The highest BCUT2D eigenvalue weighted by molar-refractivity contribution is 7.18. The Bertz CT molecular complexity index is 705. The molecule has 0 saturated heterocycles. The lowest BCUT2D eigenvalue weighted by Crippen LogP contribution is -2.31. The molecular formula is C14H13N3O3S. The summed E-state index contributed by atoms with van der Waals surface area (Å²) in [5, 5.41) is 4.47. The molecule has 1 N–H and O–H groups in total. The maximum Gasteiger partial charge on any atom is 0.355 e. The Morgan fingerprint density at radius 3 is 2.90 bits per heavy atom. The molecule has 1 aliphatic heterocycles. The van der Waals surface area contributed by atoms with E-state index in [1.807, 2.05) is 24.3 Å². The lowest BCUT2D eigenvalue weighted by atomic mass is 10.2. The van der Waals surface area contributed by atoms with Crippen molar-refractivity contribution in [3.63, 3.8) is 0 Å². The molecule has 7 heteroatoms. The Morgan fingerprint density at radius 1 is 1.38 bits per heavy atom. The largest absolute Gasteiger partial charge is 0.451 e. The number of nitrogens with zero attached hydrogens (tertiary/aromatic N) is 2. The molecule has 1 atom stereocenters. The Labute approximate surface area is 124 Å². The van der Waals surface area contributed by atoms with Crippen LogP contribution in [0.25, 0.3) is 10.2 Å². The van der Waals surface area contributed by atoms with Gasteiger partial charge in [0.05, 0.1) is 10.2 Å². The topological polar surface area (TPSA) is 80.6 Å². The van der Waals surface area contributed by atoms with Gasteiger partial charge in [0.2, 0.25) is 5.91 Å². The fraction of sp³-hybridized carbons (Fsp3) is 0.286. The highest BCUT2D eigenvalue weighted by Crippen LogP contribution is 2.28. The first-order valence-electron chi connectivity index (χ1n) is 6.55. The summed E-state index contributed by atoms with van der Waals surface area (Å²) in [5.74, 6) is -0.701. The fourth-order valence-corrected chi connectivity index (χ4v) is 2.91. The normalized spacial score (nSPS) is 16.2. The number of esters is 1. The standard InChI is InChI=1S/C14H13N3O3S/c1-8(13-15-9-4-2-3-5-11(9)21-13)20-14(19)10-6-7-12(18)17-16-10/h2-5,8H,6-7H2,1H3,(H,17,18). The van der Waals surface area contributed by atoms with Crippen molar-refractivity contribution >= 4 is 39.1 Å². The molecule has 1 aliphatic rings. The van der Waals surface area contributed by atoms with Crippen molar-refractivity contribution in [1.82, 2.24) is 10.4 Å². The number of carbonyl (C=O) groups is 2. The molecule has 0 fully saturated rings. The molecule has 6 nitrogen and oxygen atoms in total. The van der Waals surface area contributed by atoms with Gasteiger partial charge < -0.3 is 4.74 Å². The van der Waals surface area contributed by atoms with E-state index in [9.17, 15) is 9.59 Å². The molecule has 0 aliphatic carbocycles. The zero-order valence-corrected chi connectivity index (χ0v) is 12.1. The third-order valence-corrected chi connectivity index (χ3v) is 4.28. The van der Waals surface area contributed by atoms with Gasteiger partial charge in [-0.15, -0.1) is 11.3 Å². The molecule has 1 aromatic heterocycles. The number of hydrogen-bond donors (Lipinski definition) is 1. The van der Waals surface area contributed by atoms with Crippen molar-refractivity contribution < 1.29 is 14.3 Å². The van der Waals surface area contributed by atoms with E-state index in [1.165, 1.54) is 11.3 Å². The van der Waals surface area contributed by atoms with Crippen LogP contribution in [0.2, 0.25) is 0 Å². The van der Waals surface area contributed by atoms with Crippen molar-refractivity contribution in [3.8, 4) is 0 Å². The quantitative estimate of drug-likeness (QED) is 0.881. The van der Waals surface area contributed by atoms with Crippen molar-refractivity contribution in [1.29, 1.82) is 0 Å². The first-order chi connectivity index (χ1) is 10.1. The Hall–Kier alpha value is -2.28. The van der Waals surface area contributed by atoms with Gasteiger partial charge in [-0.2, -0.15) is 5.10 Å². The number of hydrogen-bond acceptors (Lipinski definition) is 6. The van der Waals surface area contributed by atoms with Gasteiger partial charge in [-0.3, -0.25) is 4.79 Å². The molecule has 0 radical (unpaired) electrons. The molecule has 0 bridgehead atoms. The van der Waals surface area contributed by atoms with Crippen LogP contribution < -0.4 is 5.43 Å². The van der Waals surface area contributed by atoms with Crippen LogP contribution in [0.15, 0.2) is 29.4 Å². The molecule has 2 heterocycles. The Balaban J connectivity index is 1.72. The van der Waals surface area contributed by atoms with Gasteiger partial charge in [-0.1, -0.05) is 12.1 Å². The lowest BCUT2D eigenvalue weighted by Gasteiger charge is -2.14. The van der Waals surface area contributed by atoms with Crippen LogP contribution in [0.3, 0.4) is 0 Å². The minimum absolute atomic E-state index is 0.189. The van der Waals surface area contributed by atoms with Gasteiger partial charge in [-0.05, 0) is 19.1 Å². The van der Waals surface area contributed by atoms with Crippen LogP contribution in [-0.4, -0.2) is 22.6 Å². The summed E-state index contributed by atoms with van der Waals surface area (Å²) in [6.07, 6.45) is 0.107. The minimum atomic E-state index is -0.512. The average Bonchev–Trinajstić information content (AvgIpc) is 2.92. The highest BCUT2D eigenvalue weighted by Gasteiger charge is 2.23. The van der Waals surface area contributed by atoms with Gasteiger partial charge >= 0.3 is 5.97 Å². The minimum Gasteiger partial charge on any atom is -0.451 e. The Morgan fingerprint density at radius 2 is 2.19 bits per heavy atom. The number of para-hydroxylation sites is 1. The molecule has 0 saturated carbocycles. The second-order valence-electron chi connectivity index (χ2n) is 4.66. The summed E-state index contributed by atoms with van der Waals surface area (Å²) in [4.78, 5) is 27.4. The Kier molecular flexibility index (Phi) is 3.66. The average molecular weight is 303 g/mol. The van der Waals surface area contributed by atoms with Crippen LogP contribution in [0.5, 0.6) is 0 Å². The number of rotatable bonds is 3.